The second-order valence-electron chi connectivity index (χ2n) is 4.21. The van der Waals surface area contributed by atoms with E-state index in [9.17, 15) is 14.4 Å². The smallest absolute Gasteiger partial charge is 0.326 e. The largest absolute Gasteiger partial charge is 0.480 e. The number of hydrogen-bond acceptors (Lipinski definition) is 4. The Hall–Kier alpha value is -1.44. The highest BCUT2D eigenvalue weighted by Gasteiger charge is 2.24. The Morgan fingerprint density at radius 2 is 2.26 bits per heavy atom. The van der Waals surface area contributed by atoms with E-state index in [-0.39, 0.29) is 12.3 Å². The number of rotatable bonds is 5. The normalized spacial score (nSPS) is 17.3. The first-order chi connectivity index (χ1) is 9.04. The van der Waals surface area contributed by atoms with Gasteiger partial charge in [0.05, 0.1) is 0 Å². The number of urea groups is 1. The molecular formula is C11H19N3O4S. The number of carboxylic acid groups (broad SMARTS) is 1. The molecule has 0 aromatic rings. The molecule has 1 aliphatic rings. The molecule has 0 aromatic carbocycles. The standard InChI is InChI=1S/C11H19N3O4S/c1-19-7-3-8(10(16)17)13-11(18)14-5-2-9(15)12-4-6-14/h8H,2-7H2,1H3,(H,12,15)(H,13,18)(H,16,17)/t8-/m0/s1. The number of nitrogens with one attached hydrogen (secondary N) is 2. The average Bonchev–Trinajstić information content (AvgIpc) is 2.58. The summed E-state index contributed by atoms with van der Waals surface area (Å²) in [6, 6.07) is -1.31. The van der Waals surface area contributed by atoms with Crippen molar-refractivity contribution >= 4 is 29.7 Å². The quantitative estimate of drug-likeness (QED) is 0.647. The van der Waals surface area contributed by atoms with Crippen LogP contribution in [0.2, 0.25) is 0 Å². The molecule has 1 rings (SSSR count). The van der Waals surface area contributed by atoms with E-state index >= 15 is 0 Å². The van der Waals surface area contributed by atoms with Crippen LogP contribution in [0.15, 0.2) is 0 Å². The van der Waals surface area contributed by atoms with Gasteiger partial charge in [-0.05, 0) is 18.4 Å². The summed E-state index contributed by atoms with van der Waals surface area (Å²) in [5.74, 6) is -0.462. The maximum absolute atomic E-state index is 11.9. The predicted molar refractivity (Wildman–Crippen MR) is 72.2 cm³/mol. The van der Waals surface area contributed by atoms with Gasteiger partial charge in [0.15, 0.2) is 0 Å². The Balaban J connectivity index is 2.50. The summed E-state index contributed by atoms with van der Waals surface area (Å²) in [4.78, 5) is 35.6. The van der Waals surface area contributed by atoms with Crippen molar-refractivity contribution in [1.82, 2.24) is 15.5 Å². The molecule has 0 radical (unpaired) electrons. The topological polar surface area (TPSA) is 98.7 Å². The van der Waals surface area contributed by atoms with Gasteiger partial charge in [-0.2, -0.15) is 11.8 Å². The van der Waals surface area contributed by atoms with Crippen molar-refractivity contribution < 1.29 is 19.5 Å². The van der Waals surface area contributed by atoms with Crippen LogP contribution in [0.3, 0.4) is 0 Å². The van der Waals surface area contributed by atoms with Crippen LogP contribution in [0.5, 0.6) is 0 Å². The first kappa shape index (κ1) is 15.6. The summed E-state index contributed by atoms with van der Waals surface area (Å²) in [5, 5.41) is 14.2. The maximum Gasteiger partial charge on any atom is 0.326 e. The fraction of sp³-hybridized carbons (Fsp3) is 0.727. The van der Waals surface area contributed by atoms with E-state index in [4.69, 9.17) is 5.11 Å². The average molecular weight is 289 g/mol. The fourth-order valence-electron chi connectivity index (χ4n) is 1.70. The molecule has 0 spiro atoms. The van der Waals surface area contributed by atoms with E-state index in [0.29, 0.717) is 31.8 Å². The lowest BCUT2D eigenvalue weighted by Crippen LogP contribution is -2.49. The van der Waals surface area contributed by atoms with Crippen LogP contribution in [-0.2, 0) is 9.59 Å². The van der Waals surface area contributed by atoms with Crippen molar-refractivity contribution in [3.05, 3.63) is 0 Å². The first-order valence-electron chi connectivity index (χ1n) is 6.08. The third kappa shape index (κ3) is 5.37. The molecule has 1 aliphatic heterocycles. The van der Waals surface area contributed by atoms with Crippen LogP contribution in [0.25, 0.3) is 0 Å². The molecule has 8 heteroatoms. The molecule has 0 bridgehead atoms. The van der Waals surface area contributed by atoms with Crippen LogP contribution in [-0.4, -0.2) is 65.6 Å². The van der Waals surface area contributed by atoms with Gasteiger partial charge in [0, 0.05) is 26.1 Å². The van der Waals surface area contributed by atoms with Gasteiger partial charge in [-0.25, -0.2) is 9.59 Å². The second-order valence-corrected chi connectivity index (χ2v) is 5.19. The minimum Gasteiger partial charge on any atom is -0.480 e. The number of amides is 3. The van der Waals surface area contributed by atoms with Gasteiger partial charge in [0.25, 0.3) is 0 Å². The lowest BCUT2D eigenvalue weighted by Gasteiger charge is -2.23. The van der Waals surface area contributed by atoms with E-state index in [1.165, 1.54) is 16.7 Å². The highest BCUT2D eigenvalue weighted by molar-refractivity contribution is 7.98. The van der Waals surface area contributed by atoms with Crippen molar-refractivity contribution in [1.29, 1.82) is 0 Å². The number of aliphatic carboxylic acids is 1. The lowest BCUT2D eigenvalue weighted by molar-refractivity contribution is -0.139. The summed E-state index contributed by atoms with van der Waals surface area (Å²) in [6.45, 7) is 1.10. The maximum atomic E-state index is 11.9. The van der Waals surface area contributed by atoms with E-state index < -0.39 is 18.0 Å². The van der Waals surface area contributed by atoms with Crippen molar-refractivity contribution in [3.63, 3.8) is 0 Å². The molecule has 0 aromatic heterocycles. The molecule has 0 aliphatic carbocycles. The molecule has 1 atom stereocenters. The Morgan fingerprint density at radius 1 is 1.53 bits per heavy atom. The van der Waals surface area contributed by atoms with Gasteiger partial charge in [0.2, 0.25) is 5.91 Å². The predicted octanol–water partition coefficient (Wildman–Crippen LogP) is -0.276. The molecule has 1 fully saturated rings. The Kier molecular flexibility index (Phi) is 6.48. The summed E-state index contributed by atoms with van der Waals surface area (Å²) in [5.41, 5.74) is 0. The summed E-state index contributed by atoms with van der Waals surface area (Å²) in [6.07, 6.45) is 2.51. The van der Waals surface area contributed by atoms with Crippen LogP contribution >= 0.6 is 11.8 Å². The van der Waals surface area contributed by atoms with Crippen LogP contribution in [0.4, 0.5) is 4.79 Å². The summed E-state index contributed by atoms with van der Waals surface area (Å²) < 4.78 is 0. The van der Waals surface area contributed by atoms with E-state index in [2.05, 4.69) is 10.6 Å². The van der Waals surface area contributed by atoms with Crippen LogP contribution < -0.4 is 10.6 Å². The first-order valence-corrected chi connectivity index (χ1v) is 7.48. The molecule has 1 saturated heterocycles. The molecule has 3 N–H and O–H groups in total. The molecule has 0 unspecified atom stereocenters. The zero-order valence-electron chi connectivity index (χ0n) is 10.8. The van der Waals surface area contributed by atoms with Crippen molar-refractivity contribution in [2.24, 2.45) is 0 Å². The number of nitrogens with zero attached hydrogens (tertiary/aromatic N) is 1. The fourth-order valence-corrected chi connectivity index (χ4v) is 2.17. The second kappa shape index (κ2) is 7.88. The van der Waals surface area contributed by atoms with E-state index in [1.54, 1.807) is 0 Å². The molecule has 1 heterocycles. The molecule has 3 amide bonds. The molecule has 0 saturated carbocycles. The van der Waals surface area contributed by atoms with Crippen LogP contribution in [0, 0.1) is 0 Å². The van der Waals surface area contributed by atoms with Gasteiger partial charge >= 0.3 is 12.0 Å². The minimum absolute atomic E-state index is 0.0903. The van der Waals surface area contributed by atoms with Crippen LogP contribution in [0.1, 0.15) is 12.8 Å². The Bertz CT molecular complexity index is 351. The zero-order valence-corrected chi connectivity index (χ0v) is 11.7. The molecule has 108 valence electrons. The number of carboxylic acids is 1. The Labute approximate surface area is 116 Å². The molecular weight excluding hydrogens is 270 g/mol. The van der Waals surface area contributed by atoms with E-state index in [1.807, 2.05) is 6.26 Å². The molecule has 19 heavy (non-hydrogen) atoms. The SMILES string of the molecule is CSCC[C@H](NC(=O)N1CCNC(=O)CC1)C(=O)O. The third-order valence-electron chi connectivity index (χ3n) is 2.81. The monoisotopic (exact) mass is 289 g/mol. The number of thioether (sulfide) groups is 1. The van der Waals surface area contributed by atoms with Gasteiger partial charge in [-0.3, -0.25) is 4.79 Å². The van der Waals surface area contributed by atoms with Crippen molar-refractivity contribution in [3.8, 4) is 0 Å². The Morgan fingerprint density at radius 3 is 2.89 bits per heavy atom. The van der Waals surface area contributed by atoms with Gasteiger partial charge < -0.3 is 20.6 Å². The number of carbonyl (C=O) groups excluding carboxylic acids is 2. The van der Waals surface area contributed by atoms with E-state index in [0.717, 1.165) is 0 Å². The van der Waals surface area contributed by atoms with Gasteiger partial charge in [0.1, 0.15) is 6.04 Å². The lowest BCUT2D eigenvalue weighted by atomic mass is 10.2. The number of hydrogen-bond donors (Lipinski definition) is 3. The third-order valence-corrected chi connectivity index (χ3v) is 3.45. The number of carbonyl (C=O) groups is 3. The zero-order chi connectivity index (χ0) is 14.3. The summed E-state index contributed by atoms with van der Waals surface area (Å²) >= 11 is 1.53. The highest BCUT2D eigenvalue weighted by atomic mass is 32.2. The molecule has 7 nitrogen and oxygen atoms in total. The minimum atomic E-state index is -1.04. The summed E-state index contributed by atoms with van der Waals surface area (Å²) in [7, 11) is 0. The van der Waals surface area contributed by atoms with Gasteiger partial charge in [-0.1, -0.05) is 0 Å². The highest BCUT2D eigenvalue weighted by Crippen LogP contribution is 2.03. The van der Waals surface area contributed by atoms with Crippen molar-refractivity contribution in [2.75, 3.05) is 31.6 Å². The van der Waals surface area contributed by atoms with Crippen molar-refractivity contribution in [2.45, 2.75) is 18.9 Å². The van der Waals surface area contributed by atoms with Gasteiger partial charge in [-0.15, -0.1) is 0 Å².